The van der Waals surface area contributed by atoms with E-state index in [0.717, 1.165) is 42.1 Å². The van der Waals surface area contributed by atoms with Crippen LogP contribution in [0, 0.1) is 13.8 Å². The average Bonchev–Trinajstić information content (AvgIpc) is 3.21. The van der Waals surface area contributed by atoms with Crippen LogP contribution in [0.2, 0.25) is 0 Å². The second kappa shape index (κ2) is 11.3. The van der Waals surface area contributed by atoms with Gasteiger partial charge in [0.2, 0.25) is 0 Å². The van der Waals surface area contributed by atoms with Crippen LogP contribution in [0.3, 0.4) is 0 Å². The molecule has 8 heteroatoms. The van der Waals surface area contributed by atoms with Crippen molar-refractivity contribution < 1.29 is 9.53 Å². The van der Waals surface area contributed by atoms with Crippen molar-refractivity contribution in [1.82, 2.24) is 20.0 Å². The third-order valence-corrected chi connectivity index (χ3v) is 5.43. The molecule has 4 rings (SSSR count). The topological polar surface area (TPSA) is 94.0 Å². The van der Waals surface area contributed by atoms with Crippen molar-refractivity contribution in [2.75, 3.05) is 17.2 Å². The van der Waals surface area contributed by atoms with Gasteiger partial charge in [0.1, 0.15) is 5.75 Å². The van der Waals surface area contributed by atoms with Crippen LogP contribution >= 0.6 is 0 Å². The van der Waals surface area contributed by atoms with Gasteiger partial charge in [-0.2, -0.15) is 5.10 Å². The Hall–Kier alpha value is -4.20. The molecule has 4 aromatic rings. The molecule has 0 fully saturated rings. The first kappa shape index (κ1) is 23.9. The predicted octanol–water partition coefficient (Wildman–Crippen LogP) is 5.84. The van der Waals surface area contributed by atoms with Crippen LogP contribution < -0.4 is 15.4 Å². The second-order valence-corrected chi connectivity index (χ2v) is 8.35. The predicted molar refractivity (Wildman–Crippen MR) is 138 cm³/mol. The Kier molecular flexibility index (Phi) is 7.72. The van der Waals surface area contributed by atoms with E-state index in [2.05, 4.69) is 32.9 Å². The summed E-state index contributed by atoms with van der Waals surface area (Å²) in [6.45, 7) is 6.78. The van der Waals surface area contributed by atoms with Gasteiger partial charge in [0.05, 0.1) is 12.3 Å². The Morgan fingerprint density at radius 3 is 2.29 bits per heavy atom. The highest BCUT2D eigenvalue weighted by atomic mass is 16.5. The van der Waals surface area contributed by atoms with Crippen molar-refractivity contribution in [1.29, 1.82) is 0 Å². The number of hydrogen-bond donors (Lipinski definition) is 2. The normalized spacial score (nSPS) is 10.7. The maximum atomic E-state index is 12.6. The van der Waals surface area contributed by atoms with E-state index < -0.39 is 0 Å². The van der Waals surface area contributed by atoms with Gasteiger partial charge in [0, 0.05) is 22.6 Å². The SMILES string of the molecule is CCCCCOc1ccc(C(=O)Nc2ccc(Nc3ccc(-n4nc(C)cc4C)nn3)cc2)cc1. The molecule has 2 N–H and O–H groups in total. The Balaban J connectivity index is 1.31. The summed E-state index contributed by atoms with van der Waals surface area (Å²) in [5.74, 6) is 1.88. The summed E-state index contributed by atoms with van der Waals surface area (Å²) < 4.78 is 7.47. The highest BCUT2D eigenvalue weighted by molar-refractivity contribution is 6.04. The Morgan fingerprint density at radius 1 is 0.914 bits per heavy atom. The van der Waals surface area contributed by atoms with E-state index in [9.17, 15) is 4.79 Å². The lowest BCUT2D eigenvalue weighted by Gasteiger charge is -2.09. The van der Waals surface area contributed by atoms with Gasteiger partial charge in [-0.1, -0.05) is 19.8 Å². The fourth-order valence-electron chi connectivity index (χ4n) is 3.60. The molecule has 180 valence electrons. The van der Waals surface area contributed by atoms with E-state index in [1.54, 1.807) is 16.8 Å². The molecule has 0 unspecified atom stereocenters. The van der Waals surface area contributed by atoms with E-state index in [1.807, 2.05) is 68.4 Å². The Bertz CT molecular complexity index is 1250. The highest BCUT2D eigenvalue weighted by Gasteiger charge is 2.08. The van der Waals surface area contributed by atoms with Crippen LogP contribution in [0.1, 0.15) is 47.9 Å². The number of ether oxygens (including phenoxy) is 1. The van der Waals surface area contributed by atoms with Crippen molar-refractivity contribution >= 4 is 23.1 Å². The molecule has 0 aliphatic heterocycles. The molecule has 8 nitrogen and oxygen atoms in total. The van der Waals surface area contributed by atoms with E-state index in [-0.39, 0.29) is 5.91 Å². The average molecular weight is 471 g/mol. The molecular weight excluding hydrogens is 440 g/mol. The second-order valence-electron chi connectivity index (χ2n) is 8.35. The molecule has 0 spiro atoms. The van der Waals surface area contributed by atoms with Crippen LogP contribution in [0.4, 0.5) is 17.2 Å². The summed E-state index contributed by atoms with van der Waals surface area (Å²) in [4.78, 5) is 12.6. The molecule has 0 radical (unpaired) electrons. The summed E-state index contributed by atoms with van der Waals surface area (Å²) >= 11 is 0. The Labute approximate surface area is 205 Å². The molecule has 2 aromatic carbocycles. The van der Waals surface area contributed by atoms with Gasteiger partial charge in [-0.05, 0) is 87.0 Å². The number of aryl methyl sites for hydroxylation is 2. The number of unbranched alkanes of at least 4 members (excludes halogenated alkanes) is 2. The van der Waals surface area contributed by atoms with Crippen molar-refractivity contribution in [3.8, 4) is 11.6 Å². The fourth-order valence-corrected chi connectivity index (χ4v) is 3.60. The van der Waals surface area contributed by atoms with Crippen molar-refractivity contribution in [3.05, 3.63) is 83.7 Å². The number of nitrogens with one attached hydrogen (secondary N) is 2. The summed E-state index contributed by atoms with van der Waals surface area (Å²) in [6.07, 6.45) is 3.35. The van der Waals surface area contributed by atoms with E-state index in [1.165, 1.54) is 0 Å². The minimum atomic E-state index is -0.172. The third kappa shape index (κ3) is 6.44. The summed E-state index contributed by atoms with van der Waals surface area (Å²) in [5.41, 5.74) is 4.04. The number of anilines is 3. The van der Waals surface area contributed by atoms with Gasteiger partial charge >= 0.3 is 0 Å². The molecule has 1 amide bonds. The number of amides is 1. The molecule has 0 saturated carbocycles. The summed E-state index contributed by atoms with van der Waals surface area (Å²) in [7, 11) is 0. The first-order valence-electron chi connectivity index (χ1n) is 11.8. The Morgan fingerprint density at radius 2 is 1.66 bits per heavy atom. The van der Waals surface area contributed by atoms with Gasteiger partial charge in [0.15, 0.2) is 11.6 Å². The van der Waals surface area contributed by atoms with Gasteiger partial charge in [-0.3, -0.25) is 4.79 Å². The number of rotatable bonds is 10. The van der Waals surface area contributed by atoms with Crippen molar-refractivity contribution in [2.24, 2.45) is 0 Å². The van der Waals surface area contributed by atoms with Crippen LogP contribution in [0.5, 0.6) is 5.75 Å². The van der Waals surface area contributed by atoms with Gasteiger partial charge in [0.25, 0.3) is 5.91 Å². The van der Waals surface area contributed by atoms with Crippen LogP contribution in [-0.4, -0.2) is 32.5 Å². The zero-order valence-electron chi connectivity index (χ0n) is 20.3. The minimum Gasteiger partial charge on any atom is -0.494 e. The van der Waals surface area contributed by atoms with Crippen LogP contribution in [0.15, 0.2) is 66.7 Å². The van der Waals surface area contributed by atoms with Crippen LogP contribution in [-0.2, 0) is 0 Å². The molecule has 0 aliphatic carbocycles. The summed E-state index contributed by atoms with van der Waals surface area (Å²) in [5, 5.41) is 19.1. The third-order valence-electron chi connectivity index (χ3n) is 5.43. The molecule has 0 aliphatic rings. The van der Waals surface area contributed by atoms with Crippen LogP contribution in [0.25, 0.3) is 5.82 Å². The molecule has 35 heavy (non-hydrogen) atoms. The van der Waals surface area contributed by atoms with E-state index >= 15 is 0 Å². The quantitative estimate of drug-likeness (QED) is 0.283. The number of carbonyl (C=O) groups excluding carboxylic acids is 1. The smallest absolute Gasteiger partial charge is 0.255 e. The van der Waals surface area contributed by atoms with Gasteiger partial charge in [-0.25, -0.2) is 4.68 Å². The maximum absolute atomic E-state index is 12.6. The summed E-state index contributed by atoms with van der Waals surface area (Å²) in [6, 6.07) is 20.3. The number of aromatic nitrogens is 4. The zero-order chi connectivity index (χ0) is 24.6. The van der Waals surface area contributed by atoms with Crippen molar-refractivity contribution in [3.63, 3.8) is 0 Å². The molecule has 2 aromatic heterocycles. The zero-order valence-corrected chi connectivity index (χ0v) is 20.3. The largest absolute Gasteiger partial charge is 0.494 e. The highest BCUT2D eigenvalue weighted by Crippen LogP contribution is 2.20. The molecule has 0 saturated heterocycles. The lowest BCUT2D eigenvalue weighted by atomic mass is 10.2. The monoisotopic (exact) mass is 470 g/mol. The van der Waals surface area contributed by atoms with E-state index in [0.29, 0.717) is 29.5 Å². The number of carbonyl (C=O) groups is 1. The lowest BCUT2D eigenvalue weighted by molar-refractivity contribution is 0.102. The van der Waals surface area contributed by atoms with Gasteiger partial charge in [-0.15, -0.1) is 10.2 Å². The first-order valence-corrected chi connectivity index (χ1v) is 11.8. The maximum Gasteiger partial charge on any atom is 0.255 e. The standard InChI is InChI=1S/C27H30N6O2/c1-4-5-6-17-35-24-13-7-21(8-14-24)27(34)29-23-11-9-22(10-12-23)28-25-15-16-26(31-30-25)33-20(3)18-19(2)32-33/h7-16,18H,4-6,17H2,1-3H3,(H,28,30)(H,29,34). The molecule has 0 bridgehead atoms. The minimum absolute atomic E-state index is 0.172. The number of nitrogens with zero attached hydrogens (tertiary/aromatic N) is 4. The molecule has 0 atom stereocenters. The van der Waals surface area contributed by atoms with E-state index in [4.69, 9.17) is 4.74 Å². The van der Waals surface area contributed by atoms with Crippen molar-refractivity contribution in [2.45, 2.75) is 40.0 Å². The van der Waals surface area contributed by atoms with Gasteiger partial charge < -0.3 is 15.4 Å². The first-order chi connectivity index (χ1) is 17.0. The number of hydrogen-bond acceptors (Lipinski definition) is 6. The fraction of sp³-hybridized carbons (Fsp3) is 0.259. The molecule has 2 heterocycles. The lowest BCUT2D eigenvalue weighted by Crippen LogP contribution is -2.11. The molecular formula is C27H30N6O2. The number of benzene rings is 2.